The van der Waals surface area contributed by atoms with Gasteiger partial charge in [-0.1, -0.05) is 0 Å². The molecule has 2 rings (SSSR count). The SMILES string of the molecule is CCOC1CCCN(S(=O)(=O)c2cnccc2NC)C1. The molecule has 1 aromatic heterocycles. The average Bonchev–Trinajstić information content (AvgIpc) is 2.48. The summed E-state index contributed by atoms with van der Waals surface area (Å²) in [5.41, 5.74) is 0.568. The number of hydrogen-bond donors (Lipinski definition) is 1. The minimum atomic E-state index is -3.53. The second-order valence-corrected chi connectivity index (χ2v) is 6.61. The third-order valence-corrected chi connectivity index (χ3v) is 5.31. The summed E-state index contributed by atoms with van der Waals surface area (Å²) in [4.78, 5) is 4.15. The van der Waals surface area contributed by atoms with Crippen molar-refractivity contribution in [1.29, 1.82) is 0 Å². The normalized spacial score (nSPS) is 20.8. The van der Waals surface area contributed by atoms with Crippen molar-refractivity contribution in [2.45, 2.75) is 30.8 Å². The van der Waals surface area contributed by atoms with Gasteiger partial charge in [-0.3, -0.25) is 4.98 Å². The molecule has 0 bridgehead atoms. The van der Waals surface area contributed by atoms with E-state index in [4.69, 9.17) is 4.74 Å². The largest absolute Gasteiger partial charge is 0.387 e. The van der Waals surface area contributed by atoms with Gasteiger partial charge < -0.3 is 10.1 Å². The Hall–Kier alpha value is -1.18. The topological polar surface area (TPSA) is 71.5 Å². The zero-order valence-corrected chi connectivity index (χ0v) is 12.7. The molecule has 1 fully saturated rings. The number of nitrogens with zero attached hydrogens (tertiary/aromatic N) is 2. The second-order valence-electron chi connectivity index (χ2n) is 4.70. The molecule has 1 aromatic rings. The molecule has 0 aromatic carbocycles. The van der Waals surface area contributed by atoms with Crippen molar-refractivity contribution in [3.05, 3.63) is 18.5 Å². The molecule has 0 saturated carbocycles. The van der Waals surface area contributed by atoms with Crippen molar-refractivity contribution < 1.29 is 13.2 Å². The summed E-state index contributed by atoms with van der Waals surface area (Å²) in [5.74, 6) is 0. The first kappa shape index (κ1) is 15.2. The predicted molar refractivity (Wildman–Crippen MR) is 77.2 cm³/mol. The van der Waals surface area contributed by atoms with Crippen molar-refractivity contribution in [1.82, 2.24) is 9.29 Å². The molecule has 1 aliphatic heterocycles. The summed E-state index contributed by atoms with van der Waals surface area (Å²) in [6.07, 6.45) is 4.68. The van der Waals surface area contributed by atoms with Gasteiger partial charge in [-0.25, -0.2) is 8.42 Å². The van der Waals surface area contributed by atoms with Gasteiger partial charge in [0.2, 0.25) is 10.0 Å². The van der Waals surface area contributed by atoms with E-state index in [9.17, 15) is 8.42 Å². The minimum Gasteiger partial charge on any atom is -0.387 e. The molecule has 1 N–H and O–H groups in total. The van der Waals surface area contributed by atoms with Gasteiger partial charge in [0.25, 0.3) is 0 Å². The van der Waals surface area contributed by atoms with Crippen LogP contribution < -0.4 is 5.32 Å². The lowest BCUT2D eigenvalue weighted by Crippen LogP contribution is -2.43. The Labute approximate surface area is 120 Å². The first-order valence-corrected chi connectivity index (χ1v) is 8.27. The molecule has 1 unspecified atom stereocenters. The number of hydrogen-bond acceptors (Lipinski definition) is 5. The van der Waals surface area contributed by atoms with Crippen molar-refractivity contribution in [3.63, 3.8) is 0 Å². The number of anilines is 1. The minimum absolute atomic E-state index is 0.0155. The zero-order valence-electron chi connectivity index (χ0n) is 11.9. The van der Waals surface area contributed by atoms with Gasteiger partial charge in [0.1, 0.15) is 4.90 Å². The number of aromatic nitrogens is 1. The van der Waals surface area contributed by atoms with Gasteiger partial charge in [0.05, 0.1) is 11.8 Å². The number of pyridine rings is 1. The Kier molecular flexibility index (Phi) is 4.95. The van der Waals surface area contributed by atoms with Gasteiger partial charge in [0.15, 0.2) is 0 Å². The molecular formula is C13H21N3O3S. The van der Waals surface area contributed by atoms with E-state index in [1.165, 1.54) is 10.5 Å². The van der Waals surface area contributed by atoms with Crippen LogP contribution in [0.15, 0.2) is 23.4 Å². The monoisotopic (exact) mass is 299 g/mol. The molecule has 112 valence electrons. The fourth-order valence-corrected chi connectivity index (χ4v) is 4.08. The Morgan fingerprint density at radius 3 is 3.05 bits per heavy atom. The van der Waals surface area contributed by atoms with Crippen molar-refractivity contribution >= 4 is 15.7 Å². The van der Waals surface area contributed by atoms with Crippen LogP contribution in [-0.2, 0) is 14.8 Å². The van der Waals surface area contributed by atoms with Crippen LogP contribution in [0.2, 0.25) is 0 Å². The molecule has 20 heavy (non-hydrogen) atoms. The molecule has 1 atom stereocenters. The third kappa shape index (κ3) is 3.11. The van der Waals surface area contributed by atoms with Crippen LogP contribution in [0.3, 0.4) is 0 Å². The highest BCUT2D eigenvalue weighted by molar-refractivity contribution is 7.89. The number of nitrogens with one attached hydrogen (secondary N) is 1. The highest BCUT2D eigenvalue weighted by atomic mass is 32.2. The average molecular weight is 299 g/mol. The van der Waals surface area contributed by atoms with Crippen molar-refractivity contribution in [3.8, 4) is 0 Å². The van der Waals surface area contributed by atoms with E-state index >= 15 is 0 Å². The number of ether oxygens (including phenoxy) is 1. The summed E-state index contributed by atoms with van der Waals surface area (Å²) in [5, 5.41) is 2.90. The molecule has 7 heteroatoms. The van der Waals surface area contributed by atoms with Gasteiger partial charge in [-0.05, 0) is 25.8 Å². The van der Waals surface area contributed by atoms with Crippen LogP contribution >= 0.6 is 0 Å². The lowest BCUT2D eigenvalue weighted by molar-refractivity contribution is 0.0265. The quantitative estimate of drug-likeness (QED) is 0.887. The van der Waals surface area contributed by atoms with Crippen LogP contribution in [0.4, 0.5) is 5.69 Å². The predicted octanol–water partition coefficient (Wildman–Crippen LogP) is 1.31. The molecular weight excluding hydrogens is 278 g/mol. The van der Waals surface area contributed by atoms with E-state index in [2.05, 4.69) is 10.3 Å². The van der Waals surface area contributed by atoms with Gasteiger partial charge in [0, 0.05) is 39.1 Å². The molecule has 2 heterocycles. The van der Waals surface area contributed by atoms with E-state index in [0.29, 0.717) is 25.4 Å². The molecule has 1 saturated heterocycles. The van der Waals surface area contributed by atoms with Gasteiger partial charge in [-0.2, -0.15) is 4.31 Å². The van der Waals surface area contributed by atoms with E-state index < -0.39 is 10.0 Å². The van der Waals surface area contributed by atoms with Gasteiger partial charge >= 0.3 is 0 Å². The molecule has 0 aliphatic carbocycles. The van der Waals surface area contributed by atoms with E-state index in [-0.39, 0.29) is 11.0 Å². The fourth-order valence-electron chi connectivity index (χ4n) is 2.43. The first-order valence-electron chi connectivity index (χ1n) is 6.83. The molecule has 0 amide bonds. The summed E-state index contributed by atoms with van der Waals surface area (Å²) in [6, 6.07) is 1.66. The van der Waals surface area contributed by atoms with Crippen LogP contribution in [0.25, 0.3) is 0 Å². The number of piperidine rings is 1. The molecule has 0 spiro atoms. The Morgan fingerprint density at radius 1 is 1.55 bits per heavy atom. The summed E-state index contributed by atoms with van der Waals surface area (Å²) in [6.45, 7) is 3.47. The standard InChI is InChI=1S/C13H21N3O3S/c1-3-19-11-5-4-8-16(10-11)20(17,18)13-9-15-7-6-12(13)14-2/h6-7,9,11H,3-5,8,10H2,1-2H3,(H,14,15). The Bertz CT molecular complexity index is 546. The highest BCUT2D eigenvalue weighted by Crippen LogP contribution is 2.26. The van der Waals surface area contributed by atoms with Crippen LogP contribution in [0.1, 0.15) is 19.8 Å². The first-order chi connectivity index (χ1) is 9.59. The van der Waals surface area contributed by atoms with Crippen LogP contribution in [0.5, 0.6) is 0 Å². The third-order valence-electron chi connectivity index (χ3n) is 3.41. The number of sulfonamides is 1. The summed E-state index contributed by atoms with van der Waals surface area (Å²) in [7, 11) is -1.83. The maximum atomic E-state index is 12.7. The fraction of sp³-hybridized carbons (Fsp3) is 0.615. The molecule has 0 radical (unpaired) electrons. The Morgan fingerprint density at radius 2 is 2.35 bits per heavy atom. The highest BCUT2D eigenvalue weighted by Gasteiger charge is 2.32. The van der Waals surface area contributed by atoms with Crippen LogP contribution in [-0.4, -0.2) is 50.6 Å². The summed E-state index contributed by atoms with van der Waals surface area (Å²) >= 11 is 0. The Balaban J connectivity index is 2.25. The molecule has 6 nitrogen and oxygen atoms in total. The number of rotatable bonds is 5. The summed E-state index contributed by atoms with van der Waals surface area (Å²) < 4.78 is 32.5. The second kappa shape index (κ2) is 6.51. The van der Waals surface area contributed by atoms with Crippen molar-refractivity contribution in [2.24, 2.45) is 0 Å². The molecule has 1 aliphatic rings. The maximum absolute atomic E-state index is 12.7. The van der Waals surface area contributed by atoms with E-state index in [0.717, 1.165) is 12.8 Å². The zero-order chi connectivity index (χ0) is 14.6. The lowest BCUT2D eigenvalue weighted by Gasteiger charge is -2.31. The van der Waals surface area contributed by atoms with E-state index in [1.54, 1.807) is 19.3 Å². The van der Waals surface area contributed by atoms with E-state index in [1.807, 2.05) is 6.92 Å². The van der Waals surface area contributed by atoms with Gasteiger partial charge in [-0.15, -0.1) is 0 Å². The van der Waals surface area contributed by atoms with Crippen LogP contribution in [0, 0.1) is 0 Å². The smallest absolute Gasteiger partial charge is 0.246 e. The maximum Gasteiger partial charge on any atom is 0.246 e. The lowest BCUT2D eigenvalue weighted by atomic mass is 10.1. The van der Waals surface area contributed by atoms with Crippen molar-refractivity contribution in [2.75, 3.05) is 32.1 Å².